The van der Waals surface area contributed by atoms with Crippen molar-refractivity contribution in [3.8, 4) is 17.2 Å². The third-order valence-electron chi connectivity index (χ3n) is 8.97. The fraction of sp³-hybridized carbons (Fsp3) is 0.242. The van der Waals surface area contributed by atoms with Crippen molar-refractivity contribution in [2.45, 2.75) is 0 Å². The molecule has 3 aromatic rings. The number of ether oxygens (including phenoxy) is 3. The van der Waals surface area contributed by atoms with Crippen LogP contribution in [0.25, 0.3) is 0 Å². The van der Waals surface area contributed by atoms with Crippen molar-refractivity contribution in [1.29, 1.82) is 0 Å². The molecular weight excluding hydrogens is 552 g/mol. The van der Waals surface area contributed by atoms with E-state index in [0.717, 1.165) is 9.80 Å². The lowest BCUT2D eigenvalue weighted by molar-refractivity contribution is -0.142. The molecule has 3 fully saturated rings. The number of carbonyl (C=O) groups excluding carboxylic acids is 5. The number of allylic oxidation sites excluding steroid dienone is 1. The molecule has 5 aliphatic rings. The summed E-state index contributed by atoms with van der Waals surface area (Å²) >= 11 is 0. The standard InChI is InChI=1S/C33H26N2O8/c1-41-22-14-8-6-12-20(22)34-29(36)25-18-16-19(33(40)43-17-10-4-3-5-11-17)24(27(25)31(34)38)28-26(18)30(37)35(32(28)39)21-13-7-9-15-23(21)42-2/h3-16,18,24-28H,1-2H3. The lowest BCUT2D eigenvalue weighted by Crippen LogP contribution is -2.53. The lowest BCUT2D eigenvalue weighted by Gasteiger charge is -2.46. The molecule has 2 aliphatic heterocycles. The number of anilines is 2. The first-order chi connectivity index (χ1) is 20.9. The monoisotopic (exact) mass is 578 g/mol. The molecule has 2 saturated heterocycles. The number of nitrogens with zero attached hydrogens (tertiary/aromatic N) is 2. The number of imide groups is 2. The maximum Gasteiger partial charge on any atom is 0.339 e. The fourth-order valence-electron chi connectivity index (χ4n) is 7.31. The van der Waals surface area contributed by atoms with Gasteiger partial charge in [-0.1, -0.05) is 48.5 Å². The number of rotatable bonds is 6. The van der Waals surface area contributed by atoms with E-state index in [0.29, 0.717) is 11.5 Å². The number of para-hydroxylation sites is 5. The van der Waals surface area contributed by atoms with Gasteiger partial charge in [-0.3, -0.25) is 19.2 Å². The Kier molecular flexibility index (Phi) is 6.16. The first-order valence-corrected chi connectivity index (χ1v) is 13.9. The predicted molar refractivity (Wildman–Crippen MR) is 152 cm³/mol. The molecule has 4 unspecified atom stereocenters. The predicted octanol–water partition coefficient (Wildman–Crippen LogP) is 3.41. The molecule has 3 aromatic carbocycles. The van der Waals surface area contributed by atoms with Gasteiger partial charge in [0, 0.05) is 17.4 Å². The second kappa shape index (κ2) is 9.94. The number of methoxy groups -OCH3 is 2. The summed E-state index contributed by atoms with van der Waals surface area (Å²) in [6, 6.07) is 21.7. The van der Waals surface area contributed by atoms with Crippen LogP contribution in [0.15, 0.2) is 90.5 Å². The number of carbonyl (C=O) groups is 5. The first kappa shape index (κ1) is 26.6. The highest BCUT2D eigenvalue weighted by molar-refractivity contribution is 6.27. The van der Waals surface area contributed by atoms with Crippen LogP contribution in [0, 0.1) is 35.5 Å². The molecule has 10 heteroatoms. The summed E-state index contributed by atoms with van der Waals surface area (Å²) in [5.41, 5.74) is 0.642. The van der Waals surface area contributed by atoms with Crippen molar-refractivity contribution in [1.82, 2.24) is 0 Å². The smallest absolute Gasteiger partial charge is 0.339 e. The van der Waals surface area contributed by atoms with Crippen molar-refractivity contribution in [2.24, 2.45) is 35.5 Å². The molecule has 3 aliphatic carbocycles. The molecule has 216 valence electrons. The molecule has 4 atom stereocenters. The average molecular weight is 579 g/mol. The van der Waals surface area contributed by atoms with Gasteiger partial charge in [-0.05, 0) is 36.4 Å². The number of hydrogen-bond acceptors (Lipinski definition) is 8. The van der Waals surface area contributed by atoms with Crippen molar-refractivity contribution in [2.75, 3.05) is 24.0 Å². The molecule has 8 rings (SSSR count). The summed E-state index contributed by atoms with van der Waals surface area (Å²) in [6.45, 7) is 0. The van der Waals surface area contributed by atoms with Gasteiger partial charge in [-0.25, -0.2) is 14.6 Å². The highest BCUT2D eigenvalue weighted by atomic mass is 16.5. The van der Waals surface area contributed by atoms with E-state index in [1.165, 1.54) is 14.2 Å². The Balaban J connectivity index is 1.35. The van der Waals surface area contributed by atoms with Crippen molar-refractivity contribution >= 4 is 41.0 Å². The van der Waals surface area contributed by atoms with Crippen LogP contribution in [0.5, 0.6) is 17.2 Å². The Labute approximate surface area is 246 Å². The second-order valence-electron chi connectivity index (χ2n) is 10.9. The first-order valence-electron chi connectivity index (χ1n) is 13.9. The normalized spacial score (nSPS) is 27.2. The van der Waals surface area contributed by atoms with Gasteiger partial charge in [0.15, 0.2) is 0 Å². The van der Waals surface area contributed by atoms with Crippen LogP contribution < -0.4 is 24.0 Å². The van der Waals surface area contributed by atoms with Crippen LogP contribution >= 0.6 is 0 Å². The highest BCUT2D eigenvalue weighted by Crippen LogP contribution is 2.61. The van der Waals surface area contributed by atoms with E-state index in [2.05, 4.69) is 0 Å². The molecule has 0 aromatic heterocycles. The minimum atomic E-state index is -1.07. The van der Waals surface area contributed by atoms with E-state index in [-0.39, 0.29) is 22.7 Å². The molecule has 0 spiro atoms. The van der Waals surface area contributed by atoms with Crippen LogP contribution in [0.3, 0.4) is 0 Å². The Morgan fingerprint density at radius 2 is 1.02 bits per heavy atom. The molecular formula is C33H26N2O8. The largest absolute Gasteiger partial charge is 0.495 e. The maximum absolute atomic E-state index is 14.2. The van der Waals surface area contributed by atoms with Gasteiger partial charge in [-0.2, -0.15) is 0 Å². The van der Waals surface area contributed by atoms with Crippen LogP contribution in [0.2, 0.25) is 0 Å². The maximum atomic E-state index is 14.2. The van der Waals surface area contributed by atoms with Gasteiger partial charge in [0.2, 0.25) is 23.6 Å². The van der Waals surface area contributed by atoms with E-state index < -0.39 is 65.1 Å². The summed E-state index contributed by atoms with van der Waals surface area (Å²) in [5, 5.41) is 0. The Morgan fingerprint density at radius 3 is 1.51 bits per heavy atom. The molecule has 4 amide bonds. The Bertz CT molecular complexity index is 1640. The second-order valence-corrected chi connectivity index (χ2v) is 10.9. The van der Waals surface area contributed by atoms with E-state index in [1.54, 1.807) is 84.9 Å². The highest BCUT2D eigenvalue weighted by Gasteiger charge is 2.71. The van der Waals surface area contributed by atoms with E-state index >= 15 is 0 Å². The quantitative estimate of drug-likeness (QED) is 0.248. The van der Waals surface area contributed by atoms with Crippen LogP contribution in [0.4, 0.5) is 11.4 Å². The molecule has 1 saturated carbocycles. The Morgan fingerprint density at radius 1 is 0.581 bits per heavy atom. The number of benzene rings is 3. The summed E-state index contributed by atoms with van der Waals surface area (Å²) in [6.07, 6.45) is 1.58. The number of hydrogen-bond donors (Lipinski definition) is 0. The lowest BCUT2D eigenvalue weighted by atomic mass is 9.52. The van der Waals surface area contributed by atoms with Gasteiger partial charge in [0.05, 0.1) is 49.3 Å². The van der Waals surface area contributed by atoms with Gasteiger partial charge < -0.3 is 14.2 Å². The fourth-order valence-corrected chi connectivity index (χ4v) is 7.31. The summed E-state index contributed by atoms with van der Waals surface area (Å²) in [5.74, 6) is -7.89. The number of esters is 1. The van der Waals surface area contributed by atoms with Crippen molar-refractivity contribution in [3.63, 3.8) is 0 Å². The zero-order valence-corrected chi connectivity index (χ0v) is 23.2. The summed E-state index contributed by atoms with van der Waals surface area (Å²) in [4.78, 5) is 72.4. The summed E-state index contributed by atoms with van der Waals surface area (Å²) < 4.78 is 16.5. The number of amides is 4. The van der Waals surface area contributed by atoms with Crippen molar-refractivity contribution < 1.29 is 38.2 Å². The third-order valence-corrected chi connectivity index (χ3v) is 8.97. The average Bonchev–Trinajstić information content (AvgIpc) is 3.47. The van der Waals surface area contributed by atoms with E-state index in [9.17, 15) is 24.0 Å². The molecule has 10 nitrogen and oxygen atoms in total. The van der Waals surface area contributed by atoms with Crippen LogP contribution in [0.1, 0.15) is 0 Å². The van der Waals surface area contributed by atoms with Gasteiger partial charge in [0.1, 0.15) is 17.2 Å². The van der Waals surface area contributed by atoms with Gasteiger partial charge in [-0.15, -0.1) is 0 Å². The van der Waals surface area contributed by atoms with Crippen LogP contribution in [-0.2, 0) is 24.0 Å². The topological polar surface area (TPSA) is 120 Å². The van der Waals surface area contributed by atoms with Gasteiger partial charge in [0.25, 0.3) is 0 Å². The minimum Gasteiger partial charge on any atom is -0.495 e. The van der Waals surface area contributed by atoms with E-state index in [1.807, 2.05) is 0 Å². The zero-order valence-electron chi connectivity index (χ0n) is 23.2. The SMILES string of the molecule is COc1ccccc1N1C(=O)C2C3C=C(C(=O)Oc4ccccc4)C(C2C1=O)C1C(=O)N(c2ccccc2OC)C(=O)C31. The molecule has 43 heavy (non-hydrogen) atoms. The molecule has 0 N–H and O–H groups in total. The zero-order chi connectivity index (χ0) is 30.0. The van der Waals surface area contributed by atoms with Gasteiger partial charge >= 0.3 is 5.97 Å². The molecule has 0 radical (unpaired) electrons. The third kappa shape index (κ3) is 3.75. The van der Waals surface area contributed by atoms with E-state index in [4.69, 9.17) is 14.2 Å². The Hall–Kier alpha value is -5.25. The van der Waals surface area contributed by atoms with Crippen molar-refractivity contribution in [3.05, 3.63) is 90.5 Å². The van der Waals surface area contributed by atoms with Crippen LogP contribution in [-0.4, -0.2) is 43.8 Å². The summed E-state index contributed by atoms with van der Waals surface area (Å²) in [7, 11) is 2.88. The molecule has 2 bridgehead atoms. The minimum absolute atomic E-state index is 0.113. The molecule has 2 heterocycles.